The van der Waals surface area contributed by atoms with Crippen molar-refractivity contribution in [2.24, 2.45) is 5.73 Å². The van der Waals surface area contributed by atoms with Gasteiger partial charge in [0.15, 0.2) is 0 Å². The Kier molecular flexibility index (Phi) is 6.64. The summed E-state index contributed by atoms with van der Waals surface area (Å²) in [4.78, 5) is 13.2. The van der Waals surface area contributed by atoms with E-state index in [-0.39, 0.29) is 18.9 Å². The molecule has 0 aromatic heterocycles. The maximum atomic E-state index is 11.9. The normalized spacial score (nSPS) is 11.5. The second-order valence-electron chi connectivity index (χ2n) is 4.69. The molecule has 7 heteroatoms. The molecule has 1 aromatic carbocycles. The second-order valence-corrected chi connectivity index (χ2v) is 4.69. The molecule has 0 aliphatic rings. The number of rotatable bonds is 7. The predicted molar refractivity (Wildman–Crippen MR) is 72.3 cm³/mol. The van der Waals surface area contributed by atoms with Gasteiger partial charge in [0, 0.05) is 20.1 Å². The number of hydrogen-bond donors (Lipinski definition) is 1. The van der Waals surface area contributed by atoms with Crippen molar-refractivity contribution in [3.05, 3.63) is 35.4 Å². The van der Waals surface area contributed by atoms with Crippen molar-refractivity contribution in [1.29, 1.82) is 0 Å². The van der Waals surface area contributed by atoms with Crippen LogP contribution in [0, 0.1) is 0 Å². The number of nitrogens with two attached hydrogens (primary N) is 1. The molecule has 0 saturated heterocycles. The second kappa shape index (κ2) is 7.99. The van der Waals surface area contributed by atoms with Crippen molar-refractivity contribution >= 4 is 5.91 Å². The van der Waals surface area contributed by atoms with Crippen molar-refractivity contribution in [2.75, 3.05) is 20.3 Å². The van der Waals surface area contributed by atoms with Gasteiger partial charge in [-0.2, -0.15) is 13.2 Å². The van der Waals surface area contributed by atoms with Gasteiger partial charge in [-0.3, -0.25) is 4.79 Å². The highest BCUT2D eigenvalue weighted by molar-refractivity contribution is 5.75. The van der Waals surface area contributed by atoms with Gasteiger partial charge in [-0.1, -0.05) is 24.3 Å². The lowest BCUT2D eigenvalue weighted by molar-refractivity contribution is -0.175. The number of ether oxygens (including phenoxy) is 1. The van der Waals surface area contributed by atoms with Gasteiger partial charge in [0.1, 0.15) is 6.61 Å². The molecule has 0 fully saturated rings. The van der Waals surface area contributed by atoms with E-state index in [1.54, 1.807) is 7.05 Å². The van der Waals surface area contributed by atoms with Crippen LogP contribution in [0.5, 0.6) is 0 Å². The molecular formula is C14H19F3N2O2. The first-order valence-electron chi connectivity index (χ1n) is 6.48. The Hall–Kier alpha value is -1.60. The Morgan fingerprint density at radius 1 is 1.33 bits per heavy atom. The summed E-state index contributed by atoms with van der Waals surface area (Å²) in [6.45, 7) is -0.781. The van der Waals surface area contributed by atoms with Gasteiger partial charge in [0.25, 0.3) is 0 Å². The first kappa shape index (κ1) is 17.5. The van der Waals surface area contributed by atoms with E-state index in [1.807, 2.05) is 24.3 Å². The van der Waals surface area contributed by atoms with Gasteiger partial charge in [-0.15, -0.1) is 0 Å². The third kappa shape index (κ3) is 7.10. The summed E-state index contributed by atoms with van der Waals surface area (Å²) in [7, 11) is 1.60. The number of alkyl halides is 3. The minimum Gasteiger partial charge on any atom is -0.372 e. The van der Waals surface area contributed by atoms with Crippen LogP contribution < -0.4 is 5.73 Å². The van der Waals surface area contributed by atoms with Crippen molar-refractivity contribution in [3.8, 4) is 0 Å². The molecule has 0 aliphatic carbocycles. The highest BCUT2D eigenvalue weighted by Gasteiger charge is 2.27. The number of hydrogen-bond acceptors (Lipinski definition) is 3. The quantitative estimate of drug-likeness (QED) is 0.785. The standard InChI is InChI=1S/C14H19F3N2O2/c1-19(9-12-4-2-3-11(7-12)8-18)13(20)5-6-21-10-14(15,16)17/h2-4,7H,5-6,8-10,18H2,1H3. The number of halogens is 3. The van der Waals surface area contributed by atoms with Crippen molar-refractivity contribution in [2.45, 2.75) is 25.7 Å². The fourth-order valence-electron chi connectivity index (χ4n) is 1.76. The van der Waals surface area contributed by atoms with E-state index < -0.39 is 12.8 Å². The average Bonchev–Trinajstić information content (AvgIpc) is 2.42. The van der Waals surface area contributed by atoms with Crippen molar-refractivity contribution in [3.63, 3.8) is 0 Å². The van der Waals surface area contributed by atoms with Crippen LogP contribution in [-0.2, 0) is 22.6 Å². The highest BCUT2D eigenvalue weighted by atomic mass is 19.4. The summed E-state index contributed by atoms with van der Waals surface area (Å²) < 4.78 is 40.0. The van der Waals surface area contributed by atoms with Gasteiger partial charge >= 0.3 is 6.18 Å². The Labute approximate surface area is 121 Å². The topological polar surface area (TPSA) is 55.6 Å². The minimum atomic E-state index is -4.36. The fraction of sp³-hybridized carbons (Fsp3) is 0.500. The molecule has 0 radical (unpaired) electrons. The molecule has 1 rings (SSSR count). The summed E-state index contributed by atoms with van der Waals surface area (Å²) in [6.07, 6.45) is -4.44. The first-order valence-corrected chi connectivity index (χ1v) is 6.48. The highest BCUT2D eigenvalue weighted by Crippen LogP contribution is 2.14. The molecule has 0 bridgehead atoms. The van der Waals surface area contributed by atoms with E-state index in [9.17, 15) is 18.0 Å². The lowest BCUT2D eigenvalue weighted by Gasteiger charge is -2.18. The maximum Gasteiger partial charge on any atom is 0.411 e. The van der Waals surface area contributed by atoms with E-state index >= 15 is 0 Å². The van der Waals surface area contributed by atoms with E-state index in [4.69, 9.17) is 5.73 Å². The summed E-state index contributed by atoms with van der Waals surface area (Å²) in [5.41, 5.74) is 7.42. The molecule has 0 spiro atoms. The SMILES string of the molecule is CN(Cc1cccc(CN)c1)C(=O)CCOCC(F)(F)F. The monoisotopic (exact) mass is 304 g/mol. The van der Waals surface area contributed by atoms with Crippen LogP contribution in [0.15, 0.2) is 24.3 Å². The molecule has 0 unspecified atom stereocenters. The number of carbonyl (C=O) groups excluding carboxylic acids is 1. The minimum absolute atomic E-state index is 0.0802. The van der Waals surface area contributed by atoms with E-state index in [2.05, 4.69) is 4.74 Å². The van der Waals surface area contributed by atoms with Crippen molar-refractivity contribution < 1.29 is 22.7 Å². The molecule has 2 N–H and O–H groups in total. The molecule has 118 valence electrons. The van der Waals surface area contributed by atoms with Crippen LogP contribution in [0.2, 0.25) is 0 Å². The number of nitrogens with zero attached hydrogens (tertiary/aromatic N) is 1. The largest absolute Gasteiger partial charge is 0.411 e. The van der Waals surface area contributed by atoms with Gasteiger partial charge in [0.05, 0.1) is 13.0 Å². The van der Waals surface area contributed by atoms with Crippen LogP contribution in [0.25, 0.3) is 0 Å². The molecule has 1 aromatic rings. The van der Waals surface area contributed by atoms with Crippen LogP contribution in [0.4, 0.5) is 13.2 Å². The Balaban J connectivity index is 2.37. The summed E-state index contributed by atoms with van der Waals surface area (Å²) >= 11 is 0. The van der Waals surface area contributed by atoms with Crippen LogP contribution in [-0.4, -0.2) is 37.2 Å². The first-order chi connectivity index (χ1) is 9.81. The lowest BCUT2D eigenvalue weighted by Crippen LogP contribution is -2.28. The Bertz CT molecular complexity index is 464. The van der Waals surface area contributed by atoms with Gasteiger partial charge in [-0.25, -0.2) is 0 Å². The molecular weight excluding hydrogens is 285 g/mol. The third-order valence-electron chi connectivity index (χ3n) is 2.80. The Morgan fingerprint density at radius 2 is 2.00 bits per heavy atom. The molecule has 21 heavy (non-hydrogen) atoms. The molecule has 1 amide bonds. The third-order valence-corrected chi connectivity index (χ3v) is 2.80. The molecule has 0 atom stereocenters. The summed E-state index contributed by atoms with van der Waals surface area (Å²) in [6, 6.07) is 7.49. The zero-order valence-corrected chi connectivity index (χ0v) is 11.8. The molecule has 0 aliphatic heterocycles. The van der Waals surface area contributed by atoms with Gasteiger partial charge in [0.2, 0.25) is 5.91 Å². The van der Waals surface area contributed by atoms with Crippen LogP contribution >= 0.6 is 0 Å². The van der Waals surface area contributed by atoms with Crippen LogP contribution in [0.3, 0.4) is 0 Å². The maximum absolute atomic E-state index is 11.9. The number of amides is 1. The summed E-state index contributed by atoms with van der Waals surface area (Å²) in [5.74, 6) is -0.268. The molecule has 0 heterocycles. The lowest BCUT2D eigenvalue weighted by atomic mass is 10.1. The number of carbonyl (C=O) groups is 1. The van der Waals surface area contributed by atoms with Crippen LogP contribution in [0.1, 0.15) is 17.5 Å². The van der Waals surface area contributed by atoms with Gasteiger partial charge in [-0.05, 0) is 11.1 Å². The average molecular weight is 304 g/mol. The van der Waals surface area contributed by atoms with Crippen molar-refractivity contribution in [1.82, 2.24) is 4.90 Å². The fourth-order valence-corrected chi connectivity index (χ4v) is 1.76. The zero-order chi connectivity index (χ0) is 15.9. The molecule has 0 saturated carbocycles. The molecule has 4 nitrogen and oxygen atoms in total. The predicted octanol–water partition coefficient (Wildman–Crippen LogP) is 2.07. The van der Waals surface area contributed by atoms with E-state index in [0.717, 1.165) is 11.1 Å². The van der Waals surface area contributed by atoms with E-state index in [0.29, 0.717) is 13.1 Å². The number of benzene rings is 1. The van der Waals surface area contributed by atoms with Gasteiger partial charge < -0.3 is 15.4 Å². The Morgan fingerprint density at radius 3 is 2.62 bits per heavy atom. The van der Waals surface area contributed by atoms with E-state index in [1.165, 1.54) is 4.90 Å². The summed E-state index contributed by atoms with van der Waals surface area (Å²) in [5, 5.41) is 0. The zero-order valence-electron chi connectivity index (χ0n) is 11.8. The smallest absolute Gasteiger partial charge is 0.372 e.